The van der Waals surface area contributed by atoms with Crippen LogP contribution in [0.25, 0.3) is 6.08 Å². The van der Waals surface area contributed by atoms with Crippen LogP contribution >= 0.6 is 0 Å². The second-order valence-corrected chi connectivity index (χ2v) is 11.7. The van der Waals surface area contributed by atoms with Crippen LogP contribution in [0.3, 0.4) is 0 Å². The fourth-order valence-electron chi connectivity index (χ4n) is 6.36. The fraction of sp³-hybridized carbons (Fsp3) is 0.406. The van der Waals surface area contributed by atoms with Crippen LogP contribution in [-0.2, 0) is 14.9 Å². The van der Waals surface area contributed by atoms with E-state index in [4.69, 9.17) is 20.6 Å². The molecule has 46 heavy (non-hydrogen) atoms. The predicted molar refractivity (Wildman–Crippen MR) is 169 cm³/mol. The number of benzene rings is 1. The minimum atomic E-state index is -1.02. The molecular weight excluding hydrogens is 596 g/mol. The molecule has 12 nitrogen and oxygen atoms in total. The van der Waals surface area contributed by atoms with Crippen LogP contribution in [0.2, 0.25) is 0 Å². The number of halogens is 2. The smallest absolute Gasteiger partial charge is 0.409 e. The summed E-state index contributed by atoms with van der Waals surface area (Å²) in [4.78, 5) is 27.5. The second-order valence-electron chi connectivity index (χ2n) is 11.7. The Labute approximate surface area is 265 Å². The number of allylic oxidation sites excluding steroid dienone is 1. The van der Waals surface area contributed by atoms with Gasteiger partial charge in [-0.3, -0.25) is 4.98 Å². The molecule has 0 saturated carbocycles. The molecule has 2 saturated heterocycles. The summed E-state index contributed by atoms with van der Waals surface area (Å²) in [5.41, 5.74) is 6.92. The van der Waals surface area contributed by atoms with Crippen molar-refractivity contribution in [2.75, 3.05) is 50.7 Å². The first-order valence-corrected chi connectivity index (χ1v) is 14.9. The molecule has 0 spiro atoms. The van der Waals surface area contributed by atoms with Crippen LogP contribution in [-0.4, -0.2) is 84.2 Å². The summed E-state index contributed by atoms with van der Waals surface area (Å²) in [6.07, 6.45) is 7.89. The fourth-order valence-corrected chi connectivity index (χ4v) is 6.36. The number of carbonyl (C=O) groups is 1. The Kier molecular flexibility index (Phi) is 9.64. The van der Waals surface area contributed by atoms with Crippen molar-refractivity contribution in [2.45, 2.75) is 37.3 Å². The van der Waals surface area contributed by atoms with Crippen molar-refractivity contribution < 1.29 is 23.0 Å². The molecule has 3 atom stereocenters. The van der Waals surface area contributed by atoms with Crippen LogP contribution in [0.1, 0.15) is 36.6 Å². The van der Waals surface area contributed by atoms with Crippen molar-refractivity contribution in [3.05, 3.63) is 71.3 Å². The molecule has 14 heteroatoms. The number of hydrogen-bond acceptors (Lipinski definition) is 10. The van der Waals surface area contributed by atoms with Gasteiger partial charge in [0.05, 0.1) is 65.4 Å². The molecule has 2 aliphatic rings. The Balaban J connectivity index is 1.28. The van der Waals surface area contributed by atoms with E-state index in [0.29, 0.717) is 56.5 Å². The average molecular weight is 634 g/mol. The molecule has 1 aromatic carbocycles. The number of methoxy groups -OCH3 is 1. The molecule has 5 rings (SSSR count). The maximum absolute atomic E-state index is 15.1. The number of piperidine rings is 1. The van der Waals surface area contributed by atoms with Gasteiger partial charge in [-0.2, -0.15) is 5.26 Å². The molecule has 0 aliphatic carbocycles. The number of likely N-dealkylation sites (N-methyl/N-ethyl adjacent to an activating group) is 1. The maximum atomic E-state index is 15.1. The lowest BCUT2D eigenvalue weighted by Gasteiger charge is -2.45. The molecule has 242 valence electrons. The third-order valence-electron chi connectivity index (χ3n) is 8.71. The number of nitrogens with one attached hydrogen (secondary N) is 3. The average Bonchev–Trinajstić information content (AvgIpc) is 3.50. The number of imidazole rings is 1. The number of aromatic amines is 1. The van der Waals surface area contributed by atoms with E-state index in [9.17, 15) is 10.1 Å². The topological polar surface area (TPSA) is 169 Å². The molecule has 2 aromatic heterocycles. The first kappa shape index (κ1) is 32.5. The monoisotopic (exact) mass is 633 g/mol. The number of amides is 1. The molecule has 5 N–H and O–H groups in total. The first-order valence-electron chi connectivity index (χ1n) is 14.9. The van der Waals surface area contributed by atoms with Gasteiger partial charge in [-0.15, -0.1) is 0 Å². The van der Waals surface area contributed by atoms with Crippen molar-refractivity contribution >= 4 is 35.2 Å². The van der Waals surface area contributed by atoms with Crippen LogP contribution in [0.5, 0.6) is 0 Å². The number of pyridine rings is 1. The van der Waals surface area contributed by atoms with Crippen LogP contribution < -0.4 is 16.0 Å². The Morgan fingerprint density at radius 3 is 2.67 bits per heavy atom. The van der Waals surface area contributed by atoms with Crippen molar-refractivity contribution in [1.82, 2.24) is 19.9 Å². The third-order valence-corrected chi connectivity index (χ3v) is 8.71. The number of carbonyl (C=O) groups excluding carboxylic acids is 1. The molecule has 3 unspecified atom stereocenters. The van der Waals surface area contributed by atoms with E-state index in [2.05, 4.69) is 31.2 Å². The highest BCUT2D eigenvalue weighted by Crippen LogP contribution is 2.36. The number of nitrogens with two attached hydrogens (primary N) is 1. The lowest BCUT2D eigenvalue weighted by Crippen LogP contribution is -2.62. The lowest BCUT2D eigenvalue weighted by molar-refractivity contribution is 0.0673. The number of H-pyrrole nitrogens is 1. The second kappa shape index (κ2) is 13.6. The number of nitriles is 1. The summed E-state index contributed by atoms with van der Waals surface area (Å²) in [5, 5.41) is 21.3. The standard InChI is InChI=1S/C32H37F2N9O3/c1-19-16-43(17-25(37)29(19)42(2)31(44)45-3)27-6-9-38-15-26(27)41-30-39-14-21(40-30)4-5-24(36)28-22(33)12-20(13-23(28)34)32(18-35)7-10-46-11-8-32/h4-6,9,12-15,19,25,29,36H,7-8,10-11,16-17,37H2,1-3H3,(H2,39,40,41)/b5-4-,36-24?. The minimum absolute atomic E-state index is 0.0460. The van der Waals surface area contributed by atoms with Crippen LogP contribution in [0, 0.1) is 34.3 Å². The first-order chi connectivity index (χ1) is 22.1. The molecule has 4 heterocycles. The maximum Gasteiger partial charge on any atom is 0.409 e. The quantitative estimate of drug-likeness (QED) is 0.264. The summed E-state index contributed by atoms with van der Waals surface area (Å²) in [5.74, 6) is -1.38. The van der Waals surface area contributed by atoms with Gasteiger partial charge in [0.15, 0.2) is 0 Å². The highest BCUT2D eigenvalue weighted by molar-refractivity contribution is 6.09. The molecule has 0 radical (unpaired) electrons. The van der Waals surface area contributed by atoms with Crippen molar-refractivity contribution in [1.29, 1.82) is 10.7 Å². The molecule has 1 amide bonds. The summed E-state index contributed by atoms with van der Waals surface area (Å²) in [6.45, 7) is 3.83. The molecule has 2 fully saturated rings. The Bertz CT molecular complexity index is 1630. The highest BCUT2D eigenvalue weighted by Gasteiger charge is 2.38. The van der Waals surface area contributed by atoms with E-state index in [1.54, 1.807) is 24.3 Å². The van der Waals surface area contributed by atoms with Gasteiger partial charge in [-0.25, -0.2) is 18.6 Å². The van der Waals surface area contributed by atoms with Crippen LogP contribution in [0.15, 0.2) is 42.9 Å². The molecule has 3 aromatic rings. The Morgan fingerprint density at radius 2 is 2.02 bits per heavy atom. The van der Waals surface area contributed by atoms with Gasteiger partial charge in [0.25, 0.3) is 0 Å². The van der Waals surface area contributed by atoms with Gasteiger partial charge < -0.3 is 40.7 Å². The van der Waals surface area contributed by atoms with E-state index >= 15 is 8.78 Å². The van der Waals surface area contributed by atoms with Gasteiger partial charge in [0.1, 0.15) is 11.6 Å². The van der Waals surface area contributed by atoms with Crippen molar-refractivity contribution in [2.24, 2.45) is 11.7 Å². The van der Waals surface area contributed by atoms with Gasteiger partial charge in [0.2, 0.25) is 5.95 Å². The number of hydrogen-bond donors (Lipinski definition) is 4. The van der Waals surface area contributed by atoms with Crippen LogP contribution in [0.4, 0.5) is 30.9 Å². The number of ether oxygens (including phenoxy) is 2. The Hall–Kier alpha value is -4.87. The number of nitrogens with zero attached hydrogens (tertiary/aromatic N) is 5. The van der Waals surface area contributed by atoms with E-state index in [0.717, 1.165) is 17.8 Å². The Morgan fingerprint density at radius 1 is 1.30 bits per heavy atom. The minimum Gasteiger partial charge on any atom is -0.453 e. The van der Waals surface area contributed by atoms with Gasteiger partial charge in [-0.05, 0) is 54.7 Å². The zero-order valence-corrected chi connectivity index (χ0v) is 25.9. The van der Waals surface area contributed by atoms with Crippen molar-refractivity contribution in [3.63, 3.8) is 0 Å². The van der Waals surface area contributed by atoms with E-state index < -0.39 is 28.7 Å². The highest BCUT2D eigenvalue weighted by atomic mass is 19.1. The zero-order chi connectivity index (χ0) is 33.0. The van der Waals surface area contributed by atoms with E-state index in [-0.39, 0.29) is 29.3 Å². The van der Waals surface area contributed by atoms with Gasteiger partial charge in [-0.1, -0.05) is 6.92 Å². The normalized spacial score (nSPS) is 21.1. The van der Waals surface area contributed by atoms with Gasteiger partial charge >= 0.3 is 6.09 Å². The summed E-state index contributed by atoms with van der Waals surface area (Å²) in [6, 6.07) is 5.85. The number of rotatable bonds is 8. The third kappa shape index (κ3) is 6.56. The van der Waals surface area contributed by atoms with E-state index in [1.807, 2.05) is 13.0 Å². The van der Waals surface area contributed by atoms with Crippen molar-refractivity contribution in [3.8, 4) is 6.07 Å². The molecule has 0 bridgehead atoms. The van der Waals surface area contributed by atoms with Gasteiger partial charge in [0, 0.05) is 45.6 Å². The SMILES string of the molecule is COC(=O)N(C)C1C(C)CN(c2ccncc2Nc2ncc(/C=C\C(=N)c3c(F)cc(C4(C#N)CCOCC4)cc3F)[nH]2)CC1N. The summed E-state index contributed by atoms with van der Waals surface area (Å²) in [7, 11) is 3.03. The lowest BCUT2D eigenvalue weighted by atomic mass is 9.75. The number of aromatic nitrogens is 3. The number of anilines is 3. The predicted octanol–water partition coefficient (Wildman–Crippen LogP) is 4.33. The summed E-state index contributed by atoms with van der Waals surface area (Å²) >= 11 is 0. The zero-order valence-electron chi connectivity index (χ0n) is 25.9. The molecular formula is C32H37F2N9O3. The summed E-state index contributed by atoms with van der Waals surface area (Å²) < 4.78 is 40.4. The largest absolute Gasteiger partial charge is 0.453 e. The molecule has 2 aliphatic heterocycles. The van der Waals surface area contributed by atoms with E-state index in [1.165, 1.54) is 25.5 Å².